The molecule has 0 rings (SSSR count). The third-order valence-corrected chi connectivity index (χ3v) is 2.05. The molecule has 11 heavy (non-hydrogen) atoms. The molecule has 0 aliphatic carbocycles. The number of rotatable bonds is 5. The summed E-state index contributed by atoms with van der Waals surface area (Å²) in [7, 11) is 0. The average molecular weight is 159 g/mol. The lowest BCUT2D eigenvalue weighted by Crippen LogP contribution is -2.35. The Bertz CT molecular complexity index is 136. The van der Waals surface area contributed by atoms with E-state index in [1.807, 2.05) is 6.92 Å². The van der Waals surface area contributed by atoms with Gasteiger partial charge in [-0.15, -0.1) is 0 Å². The maximum atomic E-state index is 10.7. The molecular weight excluding hydrogens is 142 g/mol. The molecule has 0 aliphatic rings. The van der Waals surface area contributed by atoms with Crippen molar-refractivity contribution in [1.29, 1.82) is 0 Å². The second-order valence-electron chi connectivity index (χ2n) is 3.17. The third-order valence-electron chi connectivity index (χ3n) is 2.05. The summed E-state index contributed by atoms with van der Waals surface area (Å²) in [5.41, 5.74) is 4.66. The van der Waals surface area contributed by atoms with Crippen LogP contribution in [0.25, 0.3) is 0 Å². The smallest absolute Gasteiger partial charge is 0.310 e. The summed E-state index contributed by atoms with van der Waals surface area (Å²) in [5, 5.41) is 8.78. The van der Waals surface area contributed by atoms with Crippen LogP contribution in [0.1, 0.15) is 33.1 Å². The first-order valence-electron chi connectivity index (χ1n) is 4.00. The van der Waals surface area contributed by atoms with Crippen LogP contribution in [-0.2, 0) is 4.79 Å². The normalized spacial score (nSPS) is 15.9. The Morgan fingerprint density at radius 1 is 1.64 bits per heavy atom. The zero-order valence-electron chi connectivity index (χ0n) is 7.26. The van der Waals surface area contributed by atoms with E-state index < -0.39 is 11.4 Å². The Morgan fingerprint density at radius 3 is 2.45 bits per heavy atom. The van der Waals surface area contributed by atoms with Gasteiger partial charge in [0, 0.05) is 6.54 Å². The van der Waals surface area contributed by atoms with E-state index in [9.17, 15) is 4.79 Å². The highest BCUT2D eigenvalue weighted by molar-refractivity contribution is 5.74. The maximum Gasteiger partial charge on any atom is 0.310 e. The minimum atomic E-state index is -0.784. The zero-order chi connectivity index (χ0) is 8.91. The predicted molar refractivity (Wildman–Crippen MR) is 44.3 cm³/mol. The molecular formula is C8H17NO2. The molecule has 3 heteroatoms. The van der Waals surface area contributed by atoms with Crippen LogP contribution >= 0.6 is 0 Å². The van der Waals surface area contributed by atoms with Gasteiger partial charge in [0.15, 0.2) is 0 Å². The zero-order valence-corrected chi connectivity index (χ0v) is 7.26. The SMILES string of the molecule is CCCC[C@@](C)(CN)C(=O)O. The van der Waals surface area contributed by atoms with E-state index in [1.165, 1.54) is 0 Å². The van der Waals surface area contributed by atoms with Crippen LogP contribution < -0.4 is 5.73 Å². The number of carbonyl (C=O) groups is 1. The predicted octanol–water partition coefficient (Wildman–Crippen LogP) is 1.23. The van der Waals surface area contributed by atoms with Crippen LogP contribution in [0.3, 0.4) is 0 Å². The van der Waals surface area contributed by atoms with Crippen LogP contribution in [0.2, 0.25) is 0 Å². The van der Waals surface area contributed by atoms with Gasteiger partial charge >= 0.3 is 5.97 Å². The first kappa shape index (κ1) is 10.4. The molecule has 0 heterocycles. The second kappa shape index (κ2) is 4.34. The summed E-state index contributed by atoms with van der Waals surface area (Å²) in [4.78, 5) is 10.7. The summed E-state index contributed by atoms with van der Waals surface area (Å²) >= 11 is 0. The molecule has 0 saturated carbocycles. The number of hydrogen-bond donors (Lipinski definition) is 2. The van der Waals surface area contributed by atoms with Crippen LogP contribution in [0.5, 0.6) is 0 Å². The number of carboxylic acids is 1. The van der Waals surface area contributed by atoms with Crippen molar-refractivity contribution in [3.63, 3.8) is 0 Å². The molecule has 0 amide bonds. The lowest BCUT2D eigenvalue weighted by Gasteiger charge is -2.21. The molecule has 0 radical (unpaired) electrons. The number of nitrogens with two attached hydrogens (primary N) is 1. The van der Waals surface area contributed by atoms with Gasteiger partial charge in [-0.3, -0.25) is 4.79 Å². The summed E-state index contributed by atoms with van der Waals surface area (Å²) in [6, 6.07) is 0. The first-order chi connectivity index (χ1) is 5.06. The van der Waals surface area contributed by atoms with Gasteiger partial charge in [-0.25, -0.2) is 0 Å². The molecule has 0 aromatic carbocycles. The van der Waals surface area contributed by atoms with Gasteiger partial charge in [0.2, 0.25) is 0 Å². The quantitative estimate of drug-likeness (QED) is 0.634. The molecule has 0 aliphatic heterocycles. The van der Waals surface area contributed by atoms with E-state index in [0.717, 1.165) is 12.8 Å². The van der Waals surface area contributed by atoms with Crippen molar-refractivity contribution >= 4 is 5.97 Å². The molecule has 1 atom stereocenters. The van der Waals surface area contributed by atoms with E-state index in [4.69, 9.17) is 10.8 Å². The number of hydrogen-bond acceptors (Lipinski definition) is 2. The standard InChI is InChI=1S/C8H17NO2/c1-3-4-5-8(2,6-9)7(10)11/h3-6,9H2,1-2H3,(H,10,11)/t8-/m0/s1. The van der Waals surface area contributed by atoms with Gasteiger partial charge < -0.3 is 10.8 Å². The van der Waals surface area contributed by atoms with Crippen LogP contribution in [0.4, 0.5) is 0 Å². The highest BCUT2D eigenvalue weighted by atomic mass is 16.4. The van der Waals surface area contributed by atoms with Crippen molar-refractivity contribution < 1.29 is 9.90 Å². The van der Waals surface area contributed by atoms with Gasteiger partial charge in [-0.05, 0) is 13.3 Å². The van der Waals surface area contributed by atoms with Gasteiger partial charge in [0.05, 0.1) is 5.41 Å². The molecule has 0 saturated heterocycles. The van der Waals surface area contributed by atoms with Crippen molar-refractivity contribution in [3.8, 4) is 0 Å². The fourth-order valence-corrected chi connectivity index (χ4v) is 0.863. The molecule has 66 valence electrons. The number of aliphatic carboxylic acids is 1. The maximum absolute atomic E-state index is 10.7. The fraction of sp³-hybridized carbons (Fsp3) is 0.875. The number of unbranched alkanes of at least 4 members (excludes halogenated alkanes) is 1. The van der Waals surface area contributed by atoms with E-state index >= 15 is 0 Å². The van der Waals surface area contributed by atoms with Crippen LogP contribution in [0, 0.1) is 5.41 Å². The molecule has 0 spiro atoms. The van der Waals surface area contributed by atoms with Gasteiger partial charge in [-0.2, -0.15) is 0 Å². The summed E-state index contributed by atoms with van der Waals surface area (Å²) in [6.07, 6.45) is 2.62. The van der Waals surface area contributed by atoms with Crippen LogP contribution in [-0.4, -0.2) is 17.6 Å². The molecule has 3 N–H and O–H groups in total. The Morgan fingerprint density at radius 2 is 2.18 bits per heavy atom. The van der Waals surface area contributed by atoms with Crippen molar-refractivity contribution in [3.05, 3.63) is 0 Å². The summed E-state index contributed by atoms with van der Waals surface area (Å²) in [6.45, 7) is 3.96. The monoisotopic (exact) mass is 159 g/mol. The van der Waals surface area contributed by atoms with Crippen LogP contribution in [0.15, 0.2) is 0 Å². The lowest BCUT2D eigenvalue weighted by atomic mass is 9.85. The van der Waals surface area contributed by atoms with E-state index in [-0.39, 0.29) is 6.54 Å². The van der Waals surface area contributed by atoms with Gasteiger partial charge in [0.1, 0.15) is 0 Å². The lowest BCUT2D eigenvalue weighted by molar-refractivity contribution is -0.147. The van der Waals surface area contributed by atoms with Gasteiger partial charge in [0.25, 0.3) is 0 Å². The summed E-state index contributed by atoms with van der Waals surface area (Å²) in [5.74, 6) is -0.784. The Labute approximate surface area is 67.6 Å². The molecule has 3 nitrogen and oxygen atoms in total. The Balaban J connectivity index is 3.99. The minimum absolute atomic E-state index is 0.225. The van der Waals surface area contributed by atoms with Crippen molar-refractivity contribution in [1.82, 2.24) is 0 Å². The van der Waals surface area contributed by atoms with Gasteiger partial charge in [-0.1, -0.05) is 19.8 Å². The average Bonchev–Trinajstić information content (AvgIpc) is 2.00. The molecule has 0 aromatic heterocycles. The Hall–Kier alpha value is -0.570. The van der Waals surface area contributed by atoms with Crippen molar-refractivity contribution in [2.75, 3.05) is 6.54 Å². The highest BCUT2D eigenvalue weighted by Crippen LogP contribution is 2.22. The van der Waals surface area contributed by atoms with Crippen molar-refractivity contribution in [2.24, 2.45) is 11.1 Å². The Kier molecular flexibility index (Phi) is 4.11. The van der Waals surface area contributed by atoms with E-state index in [2.05, 4.69) is 0 Å². The minimum Gasteiger partial charge on any atom is -0.481 e. The third kappa shape index (κ3) is 2.89. The molecule has 0 bridgehead atoms. The molecule has 0 aromatic rings. The fourth-order valence-electron chi connectivity index (χ4n) is 0.863. The molecule has 0 unspecified atom stereocenters. The van der Waals surface area contributed by atoms with Crippen molar-refractivity contribution in [2.45, 2.75) is 33.1 Å². The van der Waals surface area contributed by atoms with E-state index in [0.29, 0.717) is 6.42 Å². The topological polar surface area (TPSA) is 63.3 Å². The number of carboxylic acid groups (broad SMARTS) is 1. The second-order valence-corrected chi connectivity index (χ2v) is 3.17. The molecule has 0 fully saturated rings. The summed E-state index contributed by atoms with van der Waals surface area (Å²) < 4.78 is 0. The van der Waals surface area contributed by atoms with E-state index in [1.54, 1.807) is 6.92 Å². The highest BCUT2D eigenvalue weighted by Gasteiger charge is 2.30. The largest absolute Gasteiger partial charge is 0.481 e. The first-order valence-corrected chi connectivity index (χ1v) is 4.00.